The van der Waals surface area contributed by atoms with Crippen LogP contribution in [0.3, 0.4) is 0 Å². The Morgan fingerprint density at radius 2 is 1.57 bits per heavy atom. The number of nitrogens with zero attached hydrogens (tertiary/aromatic N) is 1. The van der Waals surface area contributed by atoms with E-state index in [2.05, 4.69) is 119 Å². The quantitative estimate of drug-likeness (QED) is 0.302. The van der Waals surface area contributed by atoms with E-state index in [1.165, 1.54) is 39.0 Å². The average molecular weight is 430 g/mol. The van der Waals surface area contributed by atoms with Gasteiger partial charge in [0, 0.05) is 21.2 Å². The molecule has 0 aliphatic carbocycles. The second-order valence-corrected chi connectivity index (χ2v) is 7.85. The van der Waals surface area contributed by atoms with E-state index in [-0.39, 0.29) is 0 Å². The molecule has 2 heteroatoms. The van der Waals surface area contributed by atoms with E-state index in [1.807, 2.05) is 0 Å². The predicted molar refractivity (Wildman–Crippen MR) is 125 cm³/mol. The zero-order valence-corrected chi connectivity index (χ0v) is 17.9. The van der Waals surface area contributed by atoms with Gasteiger partial charge in [0.15, 0.2) is 0 Å². The molecule has 4 aromatic rings. The van der Waals surface area contributed by atoms with Crippen molar-refractivity contribution in [2.24, 2.45) is 0 Å². The van der Waals surface area contributed by atoms with Crippen molar-refractivity contribution in [2.45, 2.75) is 26.7 Å². The van der Waals surface area contributed by atoms with Crippen molar-refractivity contribution < 1.29 is 0 Å². The molecule has 4 rings (SSSR count). The number of hydrogen-bond donors (Lipinski definition) is 0. The minimum absolute atomic E-state index is 1.01. The molecule has 0 bridgehead atoms. The first-order valence-electron chi connectivity index (χ1n) is 9.88. The Bertz CT molecular complexity index is 1120. The van der Waals surface area contributed by atoms with Crippen LogP contribution < -0.4 is 0 Å². The van der Waals surface area contributed by atoms with Gasteiger partial charge in [0.05, 0.1) is 5.52 Å². The summed E-state index contributed by atoms with van der Waals surface area (Å²) < 4.78 is 3.51. The lowest BCUT2D eigenvalue weighted by molar-refractivity contribution is 1.06. The van der Waals surface area contributed by atoms with E-state index >= 15 is 0 Å². The van der Waals surface area contributed by atoms with Crippen LogP contribution in [0.1, 0.15) is 31.5 Å². The summed E-state index contributed by atoms with van der Waals surface area (Å²) >= 11 is 3.65. The average Bonchev–Trinajstić information content (AvgIpc) is 3.05. The van der Waals surface area contributed by atoms with Crippen LogP contribution in [0.4, 0.5) is 0 Å². The van der Waals surface area contributed by atoms with Gasteiger partial charge >= 0.3 is 0 Å². The summed E-state index contributed by atoms with van der Waals surface area (Å²) in [6.45, 7) is 4.42. The van der Waals surface area contributed by atoms with Crippen molar-refractivity contribution >= 4 is 32.9 Å². The van der Waals surface area contributed by atoms with Crippen molar-refractivity contribution in [2.75, 3.05) is 0 Å². The lowest BCUT2D eigenvalue weighted by Crippen LogP contribution is -1.97. The number of halogens is 1. The molecular formula is C26H24BrN. The number of aromatic nitrogens is 1. The minimum atomic E-state index is 1.01. The van der Waals surface area contributed by atoms with E-state index in [4.69, 9.17) is 0 Å². The van der Waals surface area contributed by atoms with Crippen LogP contribution in [-0.2, 0) is 6.42 Å². The standard InChI is InChI=1S/C26H24BrN/c1-3-5-11-25-23(4-2)24-18-21(27)14-17-26(24)28(25)22-15-12-20(13-16-22)19-9-7-6-8-10-19/h5-18H,3-4H2,1-2H3/b11-5-. The van der Waals surface area contributed by atoms with Gasteiger partial charge in [-0.2, -0.15) is 0 Å². The highest BCUT2D eigenvalue weighted by Gasteiger charge is 2.16. The Labute approximate surface area is 175 Å². The summed E-state index contributed by atoms with van der Waals surface area (Å²) in [5.41, 5.74) is 7.62. The number of fused-ring (bicyclic) bond motifs is 1. The van der Waals surface area contributed by atoms with Crippen molar-refractivity contribution in [3.8, 4) is 16.8 Å². The molecule has 28 heavy (non-hydrogen) atoms. The fourth-order valence-corrected chi connectivity index (χ4v) is 4.20. The van der Waals surface area contributed by atoms with E-state index in [0.717, 1.165) is 17.3 Å². The lowest BCUT2D eigenvalue weighted by atomic mass is 10.1. The Morgan fingerprint density at radius 3 is 2.25 bits per heavy atom. The molecule has 3 aromatic carbocycles. The van der Waals surface area contributed by atoms with Crippen LogP contribution in [0, 0.1) is 0 Å². The second kappa shape index (κ2) is 8.20. The molecule has 0 N–H and O–H groups in total. The molecule has 0 fully saturated rings. The first-order chi connectivity index (χ1) is 13.7. The van der Waals surface area contributed by atoms with E-state index in [9.17, 15) is 0 Å². The van der Waals surface area contributed by atoms with Gasteiger partial charge in [-0.3, -0.25) is 0 Å². The van der Waals surface area contributed by atoms with E-state index in [1.54, 1.807) is 0 Å². The van der Waals surface area contributed by atoms with Crippen LogP contribution in [0.5, 0.6) is 0 Å². The second-order valence-electron chi connectivity index (χ2n) is 6.94. The largest absolute Gasteiger partial charge is 0.310 e. The zero-order valence-electron chi connectivity index (χ0n) is 16.3. The maximum atomic E-state index is 3.65. The van der Waals surface area contributed by atoms with Crippen LogP contribution in [0.15, 0.2) is 83.3 Å². The third-order valence-electron chi connectivity index (χ3n) is 5.17. The van der Waals surface area contributed by atoms with Crippen LogP contribution >= 0.6 is 15.9 Å². The van der Waals surface area contributed by atoms with Gasteiger partial charge in [-0.25, -0.2) is 0 Å². The Kier molecular flexibility index (Phi) is 5.50. The molecule has 140 valence electrons. The number of benzene rings is 3. The molecule has 1 heterocycles. The first kappa shape index (κ1) is 18.8. The van der Waals surface area contributed by atoms with Gasteiger partial charge in [-0.05, 0) is 65.9 Å². The zero-order chi connectivity index (χ0) is 19.5. The third-order valence-corrected chi connectivity index (χ3v) is 5.67. The molecule has 0 unspecified atom stereocenters. The molecule has 0 aliphatic rings. The number of rotatable bonds is 5. The fraction of sp³-hybridized carbons (Fsp3) is 0.154. The molecular weight excluding hydrogens is 406 g/mol. The Hall–Kier alpha value is -2.58. The number of hydrogen-bond acceptors (Lipinski definition) is 0. The summed E-state index contributed by atoms with van der Waals surface area (Å²) in [4.78, 5) is 0. The molecule has 0 saturated carbocycles. The summed E-state index contributed by atoms with van der Waals surface area (Å²) in [5.74, 6) is 0. The normalized spacial score (nSPS) is 11.5. The molecule has 0 amide bonds. The van der Waals surface area contributed by atoms with Gasteiger partial charge < -0.3 is 4.57 Å². The van der Waals surface area contributed by atoms with E-state index < -0.39 is 0 Å². The topological polar surface area (TPSA) is 4.93 Å². The number of allylic oxidation sites excluding steroid dienone is 1. The highest BCUT2D eigenvalue weighted by Crippen LogP contribution is 2.33. The van der Waals surface area contributed by atoms with Crippen molar-refractivity contribution in [3.63, 3.8) is 0 Å². The summed E-state index contributed by atoms with van der Waals surface area (Å²) in [6.07, 6.45) is 6.56. The monoisotopic (exact) mass is 429 g/mol. The van der Waals surface area contributed by atoms with Gasteiger partial charge in [0.25, 0.3) is 0 Å². The van der Waals surface area contributed by atoms with Crippen molar-refractivity contribution in [1.29, 1.82) is 0 Å². The maximum absolute atomic E-state index is 3.65. The Morgan fingerprint density at radius 1 is 0.857 bits per heavy atom. The van der Waals surface area contributed by atoms with Gasteiger partial charge in [-0.15, -0.1) is 0 Å². The fourth-order valence-electron chi connectivity index (χ4n) is 3.84. The van der Waals surface area contributed by atoms with E-state index in [0.29, 0.717) is 0 Å². The predicted octanol–water partition coefficient (Wildman–Crippen LogP) is 8.05. The summed E-state index contributed by atoms with van der Waals surface area (Å²) in [6, 6.07) is 26.0. The van der Waals surface area contributed by atoms with Crippen LogP contribution in [0.2, 0.25) is 0 Å². The highest BCUT2D eigenvalue weighted by molar-refractivity contribution is 9.10. The minimum Gasteiger partial charge on any atom is -0.310 e. The summed E-state index contributed by atoms with van der Waals surface area (Å²) in [5, 5.41) is 1.32. The maximum Gasteiger partial charge on any atom is 0.0538 e. The molecule has 1 nitrogen and oxygen atoms in total. The SMILES string of the molecule is CC/C=C\c1c(CC)c2cc(Br)ccc2n1-c1ccc(-c2ccccc2)cc1. The lowest BCUT2D eigenvalue weighted by Gasteiger charge is -2.11. The van der Waals surface area contributed by atoms with Crippen molar-refractivity contribution in [3.05, 3.63) is 94.6 Å². The highest BCUT2D eigenvalue weighted by atomic mass is 79.9. The Balaban J connectivity index is 1.91. The molecule has 0 spiro atoms. The van der Waals surface area contributed by atoms with Gasteiger partial charge in [0.2, 0.25) is 0 Å². The third kappa shape index (κ3) is 3.45. The van der Waals surface area contributed by atoms with Crippen molar-refractivity contribution in [1.82, 2.24) is 4.57 Å². The molecule has 0 saturated heterocycles. The van der Waals surface area contributed by atoms with Gasteiger partial charge in [-0.1, -0.05) is 78.3 Å². The molecule has 1 aromatic heterocycles. The number of aryl methyl sites for hydroxylation is 1. The smallest absolute Gasteiger partial charge is 0.0538 e. The van der Waals surface area contributed by atoms with Gasteiger partial charge in [0.1, 0.15) is 0 Å². The van der Waals surface area contributed by atoms with Crippen LogP contribution in [-0.4, -0.2) is 4.57 Å². The molecule has 0 atom stereocenters. The molecule has 0 aliphatic heterocycles. The summed E-state index contributed by atoms with van der Waals surface area (Å²) in [7, 11) is 0. The van der Waals surface area contributed by atoms with Crippen LogP contribution in [0.25, 0.3) is 33.8 Å². The molecule has 0 radical (unpaired) electrons. The first-order valence-corrected chi connectivity index (χ1v) is 10.7.